The molecule has 0 aliphatic rings. The SMILES string of the molecule is CC(c1ccc(F)c(F)c1)n1cccc(C(=O)NCc2ccc3nccc(OCCCN(C)C)c3c2)c1=O. The first-order valence-electron chi connectivity index (χ1n) is 12.3. The molecular formula is C29H30F2N4O3. The maximum Gasteiger partial charge on any atom is 0.263 e. The Hall–Kier alpha value is -4.11. The van der Waals surface area contributed by atoms with Crippen molar-refractivity contribution in [1.29, 1.82) is 0 Å². The average Bonchev–Trinajstić information content (AvgIpc) is 2.91. The Balaban J connectivity index is 1.48. The highest BCUT2D eigenvalue weighted by molar-refractivity contribution is 5.94. The van der Waals surface area contributed by atoms with Crippen molar-refractivity contribution in [3.8, 4) is 5.75 Å². The van der Waals surface area contributed by atoms with E-state index in [0.29, 0.717) is 12.2 Å². The van der Waals surface area contributed by atoms with E-state index < -0.39 is 29.1 Å². The quantitative estimate of drug-likeness (QED) is 0.311. The van der Waals surface area contributed by atoms with Crippen LogP contribution in [0.1, 0.15) is 40.9 Å². The number of amides is 1. The van der Waals surface area contributed by atoms with Crippen molar-refractivity contribution in [3.05, 3.63) is 106 Å². The lowest BCUT2D eigenvalue weighted by Crippen LogP contribution is -2.33. The van der Waals surface area contributed by atoms with Crippen LogP contribution in [0.5, 0.6) is 5.75 Å². The van der Waals surface area contributed by atoms with Gasteiger partial charge >= 0.3 is 0 Å². The van der Waals surface area contributed by atoms with Crippen molar-refractivity contribution in [1.82, 2.24) is 19.8 Å². The van der Waals surface area contributed by atoms with Crippen molar-refractivity contribution in [3.63, 3.8) is 0 Å². The molecule has 0 bridgehead atoms. The van der Waals surface area contributed by atoms with Gasteiger partial charge in [0.25, 0.3) is 11.5 Å². The molecule has 198 valence electrons. The molecule has 38 heavy (non-hydrogen) atoms. The molecule has 1 unspecified atom stereocenters. The number of carbonyl (C=O) groups excluding carboxylic acids is 1. The summed E-state index contributed by atoms with van der Waals surface area (Å²) in [5.74, 6) is -1.77. The number of nitrogens with zero attached hydrogens (tertiary/aromatic N) is 3. The highest BCUT2D eigenvalue weighted by atomic mass is 19.2. The molecule has 4 rings (SSSR count). The monoisotopic (exact) mass is 520 g/mol. The molecule has 0 saturated heterocycles. The molecule has 0 aliphatic carbocycles. The minimum atomic E-state index is -0.996. The number of rotatable bonds is 10. The molecule has 2 aromatic carbocycles. The molecule has 0 aliphatic heterocycles. The maximum atomic E-state index is 13.7. The van der Waals surface area contributed by atoms with E-state index in [9.17, 15) is 18.4 Å². The van der Waals surface area contributed by atoms with Gasteiger partial charge in [0.2, 0.25) is 0 Å². The number of fused-ring (bicyclic) bond motifs is 1. The minimum Gasteiger partial charge on any atom is -0.493 e. The van der Waals surface area contributed by atoms with Gasteiger partial charge in [0.15, 0.2) is 11.6 Å². The number of aromatic nitrogens is 2. The highest BCUT2D eigenvalue weighted by Gasteiger charge is 2.17. The van der Waals surface area contributed by atoms with E-state index in [0.717, 1.165) is 47.3 Å². The number of nitrogens with one attached hydrogen (secondary N) is 1. The van der Waals surface area contributed by atoms with Crippen LogP contribution < -0.4 is 15.6 Å². The molecule has 2 heterocycles. The molecule has 0 saturated carbocycles. The van der Waals surface area contributed by atoms with E-state index in [1.165, 1.54) is 22.9 Å². The lowest BCUT2D eigenvalue weighted by atomic mass is 10.1. The van der Waals surface area contributed by atoms with Gasteiger partial charge in [0.05, 0.1) is 18.2 Å². The zero-order valence-electron chi connectivity index (χ0n) is 21.6. The molecule has 9 heteroatoms. The third kappa shape index (κ3) is 6.23. The summed E-state index contributed by atoms with van der Waals surface area (Å²) < 4.78 is 34.3. The normalized spacial score (nSPS) is 12.1. The molecule has 0 radical (unpaired) electrons. The number of benzene rings is 2. The van der Waals surface area contributed by atoms with Crippen LogP contribution in [-0.4, -0.2) is 47.6 Å². The first-order chi connectivity index (χ1) is 18.2. The van der Waals surface area contributed by atoms with Crippen molar-refractivity contribution < 1.29 is 18.3 Å². The van der Waals surface area contributed by atoms with Crippen LogP contribution in [0, 0.1) is 11.6 Å². The smallest absolute Gasteiger partial charge is 0.263 e. The van der Waals surface area contributed by atoms with Crippen molar-refractivity contribution in [2.45, 2.75) is 25.9 Å². The first kappa shape index (κ1) is 26.9. The average molecular weight is 521 g/mol. The number of hydrogen-bond donors (Lipinski definition) is 1. The van der Waals surface area contributed by atoms with Gasteiger partial charge in [0, 0.05) is 30.9 Å². The molecule has 7 nitrogen and oxygen atoms in total. The first-order valence-corrected chi connectivity index (χ1v) is 12.3. The summed E-state index contributed by atoms with van der Waals surface area (Å²) in [4.78, 5) is 32.5. The fourth-order valence-electron chi connectivity index (χ4n) is 4.17. The topological polar surface area (TPSA) is 76.5 Å². The van der Waals surface area contributed by atoms with Crippen molar-refractivity contribution >= 4 is 16.8 Å². The summed E-state index contributed by atoms with van der Waals surface area (Å²) in [6, 6.07) is 13.4. The van der Waals surface area contributed by atoms with E-state index in [4.69, 9.17) is 4.74 Å². The Morgan fingerprint density at radius 3 is 2.68 bits per heavy atom. The molecule has 0 spiro atoms. The highest BCUT2D eigenvalue weighted by Crippen LogP contribution is 2.25. The molecule has 1 amide bonds. The van der Waals surface area contributed by atoms with Crippen LogP contribution in [0.25, 0.3) is 10.9 Å². The van der Waals surface area contributed by atoms with Crippen molar-refractivity contribution in [2.75, 3.05) is 27.2 Å². The van der Waals surface area contributed by atoms with Crippen molar-refractivity contribution in [2.24, 2.45) is 0 Å². The van der Waals surface area contributed by atoms with E-state index in [-0.39, 0.29) is 12.1 Å². The number of hydrogen-bond acceptors (Lipinski definition) is 5. The summed E-state index contributed by atoms with van der Waals surface area (Å²) in [7, 11) is 4.03. The Kier molecular flexibility index (Phi) is 8.48. The molecule has 0 fully saturated rings. The molecular weight excluding hydrogens is 490 g/mol. The third-order valence-corrected chi connectivity index (χ3v) is 6.29. The fraction of sp³-hybridized carbons (Fsp3) is 0.276. The van der Waals surface area contributed by atoms with Gasteiger partial charge < -0.3 is 19.5 Å². The molecule has 1 N–H and O–H groups in total. The zero-order valence-corrected chi connectivity index (χ0v) is 21.6. The second-order valence-electron chi connectivity index (χ2n) is 9.33. The predicted octanol–water partition coefficient (Wildman–Crippen LogP) is 4.54. The Morgan fingerprint density at radius 1 is 1.11 bits per heavy atom. The van der Waals surface area contributed by atoms with E-state index >= 15 is 0 Å². The second kappa shape index (κ2) is 12.0. The van der Waals surface area contributed by atoms with Crippen LogP contribution in [-0.2, 0) is 6.54 Å². The van der Waals surface area contributed by atoms with Gasteiger partial charge in [-0.2, -0.15) is 0 Å². The van der Waals surface area contributed by atoms with Gasteiger partial charge in [-0.15, -0.1) is 0 Å². The number of pyridine rings is 2. The lowest BCUT2D eigenvalue weighted by molar-refractivity contribution is 0.0948. The van der Waals surface area contributed by atoms with Gasteiger partial charge in [-0.25, -0.2) is 8.78 Å². The van der Waals surface area contributed by atoms with Crippen LogP contribution >= 0.6 is 0 Å². The standard InChI is InChI=1S/C29H30F2N4O3/c1-19(21-8-9-24(30)25(31)17-21)35-14-4-6-22(29(35)37)28(36)33-18-20-7-10-26-23(16-20)27(11-12-32-26)38-15-5-13-34(2)3/h4,6-12,14,16-17,19H,5,13,15,18H2,1-3H3,(H,33,36). The van der Waals surface area contributed by atoms with Crippen LogP contribution in [0.2, 0.25) is 0 Å². The summed E-state index contributed by atoms with van der Waals surface area (Å²) in [6.07, 6.45) is 4.10. The Labute approximate surface area is 219 Å². The van der Waals surface area contributed by atoms with Crippen LogP contribution in [0.15, 0.2) is 71.8 Å². The predicted molar refractivity (Wildman–Crippen MR) is 142 cm³/mol. The van der Waals surface area contributed by atoms with E-state index in [2.05, 4.69) is 15.2 Å². The fourth-order valence-corrected chi connectivity index (χ4v) is 4.17. The minimum absolute atomic E-state index is 0.0469. The van der Waals surface area contributed by atoms with Crippen LogP contribution in [0.3, 0.4) is 0 Å². The maximum absolute atomic E-state index is 13.7. The zero-order chi connectivity index (χ0) is 27.2. The third-order valence-electron chi connectivity index (χ3n) is 6.29. The van der Waals surface area contributed by atoms with E-state index in [1.54, 1.807) is 19.2 Å². The molecule has 1 atom stereocenters. The molecule has 2 aromatic heterocycles. The summed E-state index contributed by atoms with van der Waals surface area (Å²) in [5.41, 5.74) is 1.44. The van der Waals surface area contributed by atoms with Crippen LogP contribution in [0.4, 0.5) is 8.78 Å². The number of carbonyl (C=O) groups is 1. The van der Waals surface area contributed by atoms with E-state index in [1.807, 2.05) is 38.4 Å². The molecule has 4 aromatic rings. The Morgan fingerprint density at radius 2 is 1.92 bits per heavy atom. The number of ether oxygens (including phenoxy) is 1. The summed E-state index contributed by atoms with van der Waals surface area (Å²) in [5, 5.41) is 3.64. The largest absolute Gasteiger partial charge is 0.493 e. The van der Waals surface area contributed by atoms with Gasteiger partial charge in [0.1, 0.15) is 11.3 Å². The number of halogens is 2. The van der Waals surface area contributed by atoms with Gasteiger partial charge in [-0.05, 0) is 81.0 Å². The lowest BCUT2D eigenvalue weighted by Gasteiger charge is -2.17. The van der Waals surface area contributed by atoms with Gasteiger partial charge in [-0.3, -0.25) is 14.6 Å². The Bertz CT molecular complexity index is 1500. The second-order valence-corrected chi connectivity index (χ2v) is 9.33. The van der Waals surface area contributed by atoms with Gasteiger partial charge in [-0.1, -0.05) is 12.1 Å². The summed E-state index contributed by atoms with van der Waals surface area (Å²) in [6.45, 7) is 3.36. The summed E-state index contributed by atoms with van der Waals surface area (Å²) >= 11 is 0.